The van der Waals surface area contributed by atoms with Crippen molar-refractivity contribution in [2.75, 3.05) is 13.7 Å². The molecule has 6 nitrogen and oxygen atoms in total. The number of aliphatic hydroxyl groups is 1. The van der Waals surface area contributed by atoms with Crippen LogP contribution < -0.4 is 10.1 Å². The van der Waals surface area contributed by atoms with Gasteiger partial charge in [-0.15, -0.1) is 0 Å². The molecular formula is C25H30N2O4. The molecule has 0 spiro atoms. The van der Waals surface area contributed by atoms with Gasteiger partial charge in [0.15, 0.2) is 0 Å². The van der Waals surface area contributed by atoms with Crippen molar-refractivity contribution in [3.63, 3.8) is 0 Å². The fraction of sp³-hybridized carbons (Fsp3) is 0.280. The first-order valence-electron chi connectivity index (χ1n) is 10.2. The summed E-state index contributed by atoms with van der Waals surface area (Å²) in [4.78, 5) is 17.2. The van der Waals surface area contributed by atoms with E-state index in [1.165, 1.54) is 0 Å². The molecule has 0 aliphatic rings. The Morgan fingerprint density at radius 1 is 1.26 bits per heavy atom. The van der Waals surface area contributed by atoms with Crippen molar-refractivity contribution in [2.45, 2.75) is 33.4 Å². The Morgan fingerprint density at radius 2 is 2.00 bits per heavy atom. The smallest absolute Gasteiger partial charge is 0.255 e. The molecule has 0 fully saturated rings. The fourth-order valence-electron chi connectivity index (χ4n) is 2.89. The number of aromatic nitrogens is 1. The minimum atomic E-state index is -0.300. The number of hydrogen-bond donors (Lipinski definition) is 2. The molecule has 6 heteroatoms. The largest absolute Gasteiger partial charge is 0.497 e. The standard InChI is InChI=1S/C25H30N2O4/c1-5-13-31-18(3)23(14-20(6-2)24-16-26-12-11-21(24)17-28)25(29)27-15-19-7-9-22(30-4)10-8-19/h6-12,14,16,28H,3,5,13,15,17H2,1-2,4H3,(H,27,29)/b20-6+,23-14+. The summed E-state index contributed by atoms with van der Waals surface area (Å²) in [6, 6.07) is 9.23. The number of carbonyl (C=O) groups excluding carboxylic acids is 1. The number of benzene rings is 1. The number of rotatable bonds is 11. The van der Waals surface area contributed by atoms with Crippen LogP contribution in [0.4, 0.5) is 0 Å². The van der Waals surface area contributed by atoms with Crippen LogP contribution in [-0.2, 0) is 22.7 Å². The second-order valence-corrected chi connectivity index (χ2v) is 6.80. The van der Waals surface area contributed by atoms with Crippen molar-refractivity contribution in [1.82, 2.24) is 10.3 Å². The number of nitrogens with zero attached hydrogens (tertiary/aromatic N) is 1. The van der Waals surface area contributed by atoms with Crippen molar-refractivity contribution in [3.8, 4) is 5.75 Å². The molecule has 1 amide bonds. The van der Waals surface area contributed by atoms with E-state index in [0.717, 1.165) is 34.4 Å². The average molecular weight is 423 g/mol. The summed E-state index contributed by atoms with van der Waals surface area (Å²) in [6.45, 7) is 8.48. The SMILES string of the molecule is C=C(OCCC)/C(=C\C(=C/C)c1cnccc1CO)C(=O)NCc1ccc(OC)cc1. The first-order valence-corrected chi connectivity index (χ1v) is 10.2. The Hall–Kier alpha value is -3.38. The van der Waals surface area contributed by atoms with Gasteiger partial charge < -0.3 is 19.9 Å². The molecule has 2 N–H and O–H groups in total. The molecule has 2 aromatic rings. The van der Waals surface area contributed by atoms with E-state index in [0.29, 0.717) is 24.5 Å². The number of nitrogens with one attached hydrogen (secondary N) is 1. The molecule has 0 saturated heterocycles. The van der Waals surface area contributed by atoms with Crippen LogP contribution >= 0.6 is 0 Å². The van der Waals surface area contributed by atoms with E-state index in [1.807, 2.05) is 44.2 Å². The first kappa shape index (κ1) is 23.9. The van der Waals surface area contributed by atoms with E-state index >= 15 is 0 Å². The summed E-state index contributed by atoms with van der Waals surface area (Å²) >= 11 is 0. The predicted octanol–water partition coefficient (Wildman–Crippen LogP) is 4.17. The molecule has 0 atom stereocenters. The van der Waals surface area contributed by atoms with Crippen LogP contribution in [0, 0.1) is 0 Å². The number of amides is 1. The second kappa shape index (κ2) is 12.3. The molecule has 1 aromatic heterocycles. The van der Waals surface area contributed by atoms with Crippen molar-refractivity contribution in [2.24, 2.45) is 0 Å². The lowest BCUT2D eigenvalue weighted by molar-refractivity contribution is -0.117. The Bertz CT molecular complexity index is 946. The highest BCUT2D eigenvalue weighted by atomic mass is 16.5. The summed E-state index contributed by atoms with van der Waals surface area (Å²) in [5.41, 5.74) is 3.47. The zero-order valence-electron chi connectivity index (χ0n) is 18.4. The van der Waals surface area contributed by atoms with Gasteiger partial charge >= 0.3 is 0 Å². The minimum absolute atomic E-state index is 0.130. The highest BCUT2D eigenvalue weighted by Crippen LogP contribution is 2.24. The lowest BCUT2D eigenvalue weighted by Gasteiger charge is -2.15. The highest BCUT2D eigenvalue weighted by molar-refractivity contribution is 6.00. The van der Waals surface area contributed by atoms with Crippen LogP contribution in [0.15, 0.2) is 72.8 Å². The summed E-state index contributed by atoms with van der Waals surface area (Å²) in [5.74, 6) is 0.750. The van der Waals surface area contributed by atoms with Crippen molar-refractivity contribution >= 4 is 11.5 Å². The molecule has 0 aliphatic carbocycles. The number of pyridine rings is 1. The molecule has 1 aromatic carbocycles. The van der Waals surface area contributed by atoms with Crippen LogP contribution in [0.1, 0.15) is 37.0 Å². The van der Waals surface area contributed by atoms with E-state index < -0.39 is 0 Å². The normalized spacial score (nSPS) is 11.7. The number of hydrogen-bond acceptors (Lipinski definition) is 5. The zero-order valence-corrected chi connectivity index (χ0v) is 18.4. The topological polar surface area (TPSA) is 80.7 Å². The lowest BCUT2D eigenvalue weighted by Crippen LogP contribution is -2.26. The van der Waals surface area contributed by atoms with E-state index in [4.69, 9.17) is 9.47 Å². The Labute approximate surface area is 183 Å². The Morgan fingerprint density at radius 3 is 2.61 bits per heavy atom. The highest BCUT2D eigenvalue weighted by Gasteiger charge is 2.16. The van der Waals surface area contributed by atoms with Gasteiger partial charge in [-0.1, -0.05) is 31.7 Å². The summed E-state index contributed by atoms with van der Waals surface area (Å²) in [6.07, 6.45) is 7.67. The van der Waals surface area contributed by atoms with E-state index in [1.54, 1.807) is 31.6 Å². The second-order valence-electron chi connectivity index (χ2n) is 6.80. The van der Waals surface area contributed by atoms with Gasteiger partial charge in [0.1, 0.15) is 11.5 Å². The monoisotopic (exact) mass is 422 g/mol. The van der Waals surface area contributed by atoms with Gasteiger partial charge in [-0.05, 0) is 54.3 Å². The summed E-state index contributed by atoms with van der Waals surface area (Å²) in [5, 5.41) is 12.6. The van der Waals surface area contributed by atoms with Gasteiger partial charge in [-0.3, -0.25) is 9.78 Å². The van der Waals surface area contributed by atoms with E-state index in [-0.39, 0.29) is 12.5 Å². The zero-order chi connectivity index (χ0) is 22.6. The average Bonchev–Trinajstić information content (AvgIpc) is 2.82. The molecule has 0 aliphatic heterocycles. The maximum atomic E-state index is 13.0. The molecule has 31 heavy (non-hydrogen) atoms. The molecule has 0 bridgehead atoms. The van der Waals surface area contributed by atoms with Gasteiger partial charge in [0.2, 0.25) is 0 Å². The third kappa shape index (κ3) is 6.83. The van der Waals surface area contributed by atoms with Crippen LogP contribution in [0.3, 0.4) is 0 Å². The molecular weight excluding hydrogens is 392 g/mol. The maximum Gasteiger partial charge on any atom is 0.255 e. The number of ether oxygens (including phenoxy) is 2. The lowest BCUT2D eigenvalue weighted by atomic mass is 9.99. The van der Waals surface area contributed by atoms with Crippen molar-refractivity contribution in [1.29, 1.82) is 0 Å². The molecule has 0 radical (unpaired) electrons. The van der Waals surface area contributed by atoms with Gasteiger partial charge in [-0.25, -0.2) is 0 Å². The number of methoxy groups -OCH3 is 1. The van der Waals surface area contributed by atoms with Crippen LogP contribution in [-0.4, -0.2) is 29.7 Å². The Balaban J connectivity index is 2.29. The van der Waals surface area contributed by atoms with Crippen molar-refractivity contribution < 1.29 is 19.4 Å². The first-order chi connectivity index (χ1) is 15.0. The van der Waals surface area contributed by atoms with Gasteiger partial charge in [0, 0.05) is 24.5 Å². The third-order valence-corrected chi connectivity index (χ3v) is 4.64. The number of carbonyl (C=O) groups is 1. The fourth-order valence-corrected chi connectivity index (χ4v) is 2.89. The third-order valence-electron chi connectivity index (χ3n) is 4.64. The van der Waals surface area contributed by atoms with Crippen LogP contribution in [0.5, 0.6) is 5.75 Å². The molecule has 1 heterocycles. The van der Waals surface area contributed by atoms with E-state index in [2.05, 4.69) is 16.9 Å². The van der Waals surface area contributed by atoms with Crippen LogP contribution in [0.2, 0.25) is 0 Å². The van der Waals surface area contributed by atoms with Gasteiger partial charge in [-0.2, -0.15) is 0 Å². The van der Waals surface area contributed by atoms with Gasteiger partial charge in [0.05, 0.1) is 25.9 Å². The molecule has 2 rings (SSSR count). The van der Waals surface area contributed by atoms with Crippen LogP contribution in [0.25, 0.3) is 5.57 Å². The molecule has 0 unspecified atom stereocenters. The van der Waals surface area contributed by atoms with Crippen molar-refractivity contribution in [3.05, 3.63) is 89.5 Å². The molecule has 0 saturated carbocycles. The summed E-state index contributed by atoms with van der Waals surface area (Å²) < 4.78 is 10.8. The van der Waals surface area contributed by atoms with E-state index in [9.17, 15) is 9.90 Å². The predicted molar refractivity (Wildman–Crippen MR) is 122 cm³/mol. The minimum Gasteiger partial charge on any atom is -0.497 e. The quantitative estimate of drug-likeness (QED) is 0.323. The summed E-state index contributed by atoms with van der Waals surface area (Å²) in [7, 11) is 1.61. The van der Waals surface area contributed by atoms with Gasteiger partial charge in [0.25, 0.3) is 5.91 Å². The Kier molecular flexibility index (Phi) is 9.52. The maximum absolute atomic E-state index is 13.0. The number of aliphatic hydroxyl groups excluding tert-OH is 1. The number of allylic oxidation sites excluding steroid dienone is 3. The molecule has 164 valence electrons.